The summed E-state index contributed by atoms with van der Waals surface area (Å²) >= 11 is 3.31. The quantitative estimate of drug-likeness (QED) is 0.628. The van der Waals surface area contributed by atoms with Crippen molar-refractivity contribution in [2.45, 2.75) is 25.6 Å². The van der Waals surface area contributed by atoms with Crippen LogP contribution < -0.4 is 10.6 Å². The minimum absolute atomic E-state index is 0.125. The minimum atomic E-state index is -0.202. The zero-order valence-corrected chi connectivity index (χ0v) is 16.4. The standard InChI is InChI=1S/C19H17BrN6O2/c20-14-4-13(8-22-9-14)18(27)25-15-5-17-16(10-24-26(17)11-15)19(28)23-7-12-2-1-3-21-6-12/h1-4,6,8-10,15H,5,7,11H2,(H,23,28)(H,25,27)/t15-/m0/s1. The number of nitrogens with zero attached hydrogens (tertiary/aromatic N) is 4. The molecule has 2 N–H and O–H groups in total. The first-order valence-electron chi connectivity index (χ1n) is 8.73. The molecule has 3 aromatic rings. The SMILES string of the molecule is O=C(N[C@H]1Cc2c(C(=O)NCc3cccnc3)cnn2C1)c1cncc(Br)c1. The Morgan fingerprint density at radius 2 is 2.07 bits per heavy atom. The smallest absolute Gasteiger partial charge is 0.255 e. The molecule has 0 unspecified atom stereocenters. The fraction of sp³-hybridized carbons (Fsp3) is 0.211. The second-order valence-electron chi connectivity index (χ2n) is 6.50. The van der Waals surface area contributed by atoms with E-state index in [1.165, 1.54) is 6.20 Å². The molecule has 0 aromatic carbocycles. The normalized spacial score (nSPS) is 15.1. The molecule has 0 spiro atoms. The summed E-state index contributed by atoms with van der Waals surface area (Å²) in [5.74, 6) is -0.389. The highest BCUT2D eigenvalue weighted by Gasteiger charge is 2.29. The van der Waals surface area contributed by atoms with Crippen LogP contribution in [0.25, 0.3) is 0 Å². The molecule has 3 aromatic heterocycles. The lowest BCUT2D eigenvalue weighted by Gasteiger charge is -2.11. The first-order valence-corrected chi connectivity index (χ1v) is 9.52. The van der Waals surface area contributed by atoms with E-state index in [9.17, 15) is 9.59 Å². The summed E-state index contributed by atoms with van der Waals surface area (Å²) in [6, 6.07) is 5.32. The third-order valence-corrected chi connectivity index (χ3v) is 4.94. The first-order chi connectivity index (χ1) is 13.6. The van der Waals surface area contributed by atoms with Gasteiger partial charge in [0, 0.05) is 42.2 Å². The molecule has 1 aliphatic heterocycles. The van der Waals surface area contributed by atoms with Crippen molar-refractivity contribution in [3.05, 3.63) is 76.0 Å². The molecule has 1 aliphatic rings. The molecular weight excluding hydrogens is 424 g/mol. The number of carbonyl (C=O) groups is 2. The molecule has 0 bridgehead atoms. The van der Waals surface area contributed by atoms with Crippen molar-refractivity contribution in [1.29, 1.82) is 0 Å². The molecule has 4 rings (SSSR count). The molecule has 0 saturated carbocycles. The maximum absolute atomic E-state index is 12.5. The van der Waals surface area contributed by atoms with E-state index in [0.717, 1.165) is 15.7 Å². The number of fused-ring (bicyclic) bond motifs is 1. The molecule has 9 heteroatoms. The lowest BCUT2D eigenvalue weighted by atomic mass is 10.1. The van der Waals surface area contributed by atoms with Crippen LogP contribution in [-0.4, -0.2) is 37.6 Å². The number of amides is 2. The Labute approximate surface area is 169 Å². The van der Waals surface area contributed by atoms with Crippen molar-refractivity contribution in [2.24, 2.45) is 0 Å². The van der Waals surface area contributed by atoms with Gasteiger partial charge in [0.05, 0.1) is 35.6 Å². The lowest BCUT2D eigenvalue weighted by molar-refractivity contribution is 0.0934. The van der Waals surface area contributed by atoms with Crippen LogP contribution in [0.5, 0.6) is 0 Å². The zero-order chi connectivity index (χ0) is 19.5. The van der Waals surface area contributed by atoms with Crippen LogP contribution in [-0.2, 0) is 19.5 Å². The van der Waals surface area contributed by atoms with E-state index < -0.39 is 0 Å². The van der Waals surface area contributed by atoms with Crippen LogP contribution in [0.3, 0.4) is 0 Å². The number of rotatable bonds is 5. The molecular formula is C19H17BrN6O2. The first kappa shape index (κ1) is 18.3. The van der Waals surface area contributed by atoms with E-state index in [4.69, 9.17) is 0 Å². The van der Waals surface area contributed by atoms with E-state index in [-0.39, 0.29) is 17.9 Å². The van der Waals surface area contributed by atoms with Gasteiger partial charge in [-0.3, -0.25) is 24.2 Å². The predicted octanol–water partition coefficient (Wildman–Crippen LogP) is 1.72. The number of carbonyl (C=O) groups excluding carboxylic acids is 2. The summed E-state index contributed by atoms with van der Waals surface area (Å²) in [6.45, 7) is 0.922. The Morgan fingerprint density at radius 1 is 1.18 bits per heavy atom. The maximum atomic E-state index is 12.5. The molecule has 4 heterocycles. The lowest BCUT2D eigenvalue weighted by Crippen LogP contribution is -2.36. The highest BCUT2D eigenvalue weighted by Crippen LogP contribution is 2.20. The average molecular weight is 441 g/mol. The molecule has 0 radical (unpaired) electrons. The number of hydrogen-bond donors (Lipinski definition) is 2. The van der Waals surface area contributed by atoms with Crippen LogP contribution in [0.4, 0.5) is 0 Å². The second-order valence-corrected chi connectivity index (χ2v) is 7.41. The Balaban J connectivity index is 1.38. The van der Waals surface area contributed by atoms with Gasteiger partial charge in [0.2, 0.25) is 0 Å². The number of aromatic nitrogens is 4. The molecule has 0 saturated heterocycles. The van der Waals surface area contributed by atoms with Crippen molar-refractivity contribution < 1.29 is 9.59 Å². The van der Waals surface area contributed by atoms with E-state index in [1.807, 2.05) is 12.1 Å². The molecule has 2 amide bonds. The van der Waals surface area contributed by atoms with E-state index in [2.05, 4.69) is 41.6 Å². The monoisotopic (exact) mass is 440 g/mol. The molecule has 142 valence electrons. The Morgan fingerprint density at radius 3 is 2.86 bits per heavy atom. The maximum Gasteiger partial charge on any atom is 0.255 e. The van der Waals surface area contributed by atoms with Gasteiger partial charge < -0.3 is 10.6 Å². The second kappa shape index (κ2) is 7.89. The number of nitrogens with one attached hydrogen (secondary N) is 2. The summed E-state index contributed by atoms with van der Waals surface area (Å²) in [5, 5.41) is 10.2. The summed E-state index contributed by atoms with van der Waals surface area (Å²) in [6.07, 6.45) is 8.66. The molecule has 1 atom stereocenters. The summed E-state index contributed by atoms with van der Waals surface area (Å²) in [4.78, 5) is 33.0. The number of halogens is 1. The Kier molecular flexibility index (Phi) is 5.16. The molecule has 0 fully saturated rings. The predicted molar refractivity (Wildman–Crippen MR) is 105 cm³/mol. The van der Waals surface area contributed by atoms with Gasteiger partial charge in [-0.2, -0.15) is 5.10 Å². The summed E-state index contributed by atoms with van der Waals surface area (Å²) < 4.78 is 2.51. The van der Waals surface area contributed by atoms with Gasteiger partial charge in [-0.15, -0.1) is 0 Å². The fourth-order valence-electron chi connectivity index (χ4n) is 3.16. The third kappa shape index (κ3) is 3.94. The van der Waals surface area contributed by atoms with Crippen LogP contribution in [0.15, 0.2) is 53.7 Å². The van der Waals surface area contributed by atoms with E-state index in [0.29, 0.717) is 30.6 Å². The Hall–Kier alpha value is -3.07. The van der Waals surface area contributed by atoms with Crippen molar-refractivity contribution in [1.82, 2.24) is 30.4 Å². The van der Waals surface area contributed by atoms with Crippen molar-refractivity contribution >= 4 is 27.7 Å². The van der Waals surface area contributed by atoms with Crippen molar-refractivity contribution in [3.8, 4) is 0 Å². The summed E-state index contributed by atoms with van der Waals surface area (Å²) in [7, 11) is 0. The van der Waals surface area contributed by atoms with Gasteiger partial charge in [0.15, 0.2) is 0 Å². The van der Waals surface area contributed by atoms with Crippen LogP contribution >= 0.6 is 15.9 Å². The number of pyridine rings is 2. The Bertz CT molecular complexity index is 1020. The van der Waals surface area contributed by atoms with Crippen molar-refractivity contribution in [2.75, 3.05) is 0 Å². The van der Waals surface area contributed by atoms with Crippen LogP contribution in [0.1, 0.15) is 32.0 Å². The van der Waals surface area contributed by atoms with Crippen molar-refractivity contribution in [3.63, 3.8) is 0 Å². The van der Waals surface area contributed by atoms with Crippen LogP contribution in [0, 0.1) is 0 Å². The zero-order valence-electron chi connectivity index (χ0n) is 14.8. The van der Waals surface area contributed by atoms with Gasteiger partial charge >= 0.3 is 0 Å². The largest absolute Gasteiger partial charge is 0.348 e. The topological polar surface area (TPSA) is 102 Å². The highest BCUT2D eigenvalue weighted by atomic mass is 79.9. The van der Waals surface area contributed by atoms with Gasteiger partial charge in [-0.05, 0) is 33.6 Å². The average Bonchev–Trinajstić information content (AvgIpc) is 3.27. The minimum Gasteiger partial charge on any atom is -0.348 e. The van der Waals surface area contributed by atoms with Gasteiger partial charge in [0.25, 0.3) is 11.8 Å². The molecule has 8 nitrogen and oxygen atoms in total. The molecule has 28 heavy (non-hydrogen) atoms. The number of hydrogen-bond acceptors (Lipinski definition) is 5. The highest BCUT2D eigenvalue weighted by molar-refractivity contribution is 9.10. The third-order valence-electron chi connectivity index (χ3n) is 4.50. The van der Waals surface area contributed by atoms with Crippen LogP contribution in [0.2, 0.25) is 0 Å². The van der Waals surface area contributed by atoms with E-state index >= 15 is 0 Å². The summed E-state index contributed by atoms with van der Waals surface area (Å²) in [5.41, 5.74) is 2.76. The van der Waals surface area contributed by atoms with Gasteiger partial charge in [0.1, 0.15) is 0 Å². The molecule has 0 aliphatic carbocycles. The van der Waals surface area contributed by atoms with Gasteiger partial charge in [-0.1, -0.05) is 6.07 Å². The van der Waals surface area contributed by atoms with E-state index in [1.54, 1.807) is 35.5 Å². The van der Waals surface area contributed by atoms with Gasteiger partial charge in [-0.25, -0.2) is 0 Å². The fourth-order valence-corrected chi connectivity index (χ4v) is 3.53.